The van der Waals surface area contributed by atoms with E-state index in [-0.39, 0.29) is 11.5 Å². The lowest BCUT2D eigenvalue weighted by Crippen LogP contribution is -2.19. The van der Waals surface area contributed by atoms with E-state index < -0.39 is 0 Å². The molecule has 0 amide bonds. The van der Waals surface area contributed by atoms with Gasteiger partial charge in [0.1, 0.15) is 11.6 Å². The number of aromatic nitrogens is 4. The fourth-order valence-electron chi connectivity index (χ4n) is 3.45. The van der Waals surface area contributed by atoms with Crippen LogP contribution in [0.5, 0.6) is 11.6 Å². The van der Waals surface area contributed by atoms with Crippen LogP contribution in [0, 0.1) is 12.8 Å². The van der Waals surface area contributed by atoms with Crippen molar-refractivity contribution < 1.29 is 9.47 Å². The smallest absolute Gasteiger partial charge is 0.250 e. The van der Waals surface area contributed by atoms with Crippen LogP contribution in [0.15, 0.2) is 47.7 Å². The molecule has 3 aromatic heterocycles. The van der Waals surface area contributed by atoms with Crippen molar-refractivity contribution in [3.05, 3.63) is 64.7 Å². The van der Waals surface area contributed by atoms with E-state index in [1.54, 1.807) is 30.1 Å². The summed E-state index contributed by atoms with van der Waals surface area (Å²) in [4.78, 5) is 25.5. The van der Waals surface area contributed by atoms with E-state index in [0.717, 1.165) is 35.5 Å². The van der Waals surface area contributed by atoms with Gasteiger partial charge in [-0.15, -0.1) is 0 Å². The standard InChI is InChI=1S/C24H28N4O3/c1-16(22-8-7-20(30-3)12-26-22)10-11-31-24-21(13-25-17(2)27-24)19-6-9-23(29)28(15-19)14-18-4-5-18/h6-9,12-13,15-16,18H,4-5,10-11,14H2,1-3H3. The Balaban J connectivity index is 1.47. The van der Waals surface area contributed by atoms with Crippen LogP contribution in [0.25, 0.3) is 11.1 Å². The lowest BCUT2D eigenvalue weighted by molar-refractivity contribution is 0.289. The van der Waals surface area contributed by atoms with E-state index in [0.29, 0.717) is 24.2 Å². The molecule has 3 aromatic rings. The Labute approximate surface area is 182 Å². The summed E-state index contributed by atoms with van der Waals surface area (Å²) in [6.45, 7) is 5.23. The fraction of sp³-hybridized carbons (Fsp3) is 0.417. The molecule has 162 valence electrons. The van der Waals surface area contributed by atoms with Crippen LogP contribution in [0.4, 0.5) is 0 Å². The molecule has 1 atom stereocenters. The molecule has 1 fully saturated rings. The molecule has 0 aliphatic heterocycles. The van der Waals surface area contributed by atoms with Gasteiger partial charge in [0.2, 0.25) is 5.88 Å². The molecule has 1 aliphatic carbocycles. The number of hydrogen-bond donors (Lipinski definition) is 0. The Morgan fingerprint density at radius 2 is 2.00 bits per heavy atom. The normalized spacial score (nSPS) is 14.3. The van der Waals surface area contributed by atoms with Gasteiger partial charge in [-0.3, -0.25) is 9.78 Å². The summed E-state index contributed by atoms with van der Waals surface area (Å²) in [5.41, 5.74) is 2.70. The highest BCUT2D eigenvalue weighted by molar-refractivity contribution is 5.66. The average molecular weight is 421 g/mol. The second-order valence-corrected chi connectivity index (χ2v) is 8.15. The number of hydrogen-bond acceptors (Lipinski definition) is 6. The van der Waals surface area contributed by atoms with Crippen LogP contribution < -0.4 is 15.0 Å². The molecular weight excluding hydrogens is 392 g/mol. The average Bonchev–Trinajstić information content (AvgIpc) is 3.60. The molecule has 1 saturated carbocycles. The first kappa shape index (κ1) is 21.0. The van der Waals surface area contributed by atoms with Crippen molar-refractivity contribution in [3.8, 4) is 22.8 Å². The summed E-state index contributed by atoms with van der Waals surface area (Å²) in [5.74, 6) is 2.79. The van der Waals surface area contributed by atoms with Crippen molar-refractivity contribution >= 4 is 0 Å². The second kappa shape index (κ2) is 9.29. The lowest BCUT2D eigenvalue weighted by Gasteiger charge is -2.15. The summed E-state index contributed by atoms with van der Waals surface area (Å²) in [5, 5.41) is 0. The van der Waals surface area contributed by atoms with Crippen LogP contribution in [-0.4, -0.2) is 33.2 Å². The predicted octanol–water partition coefficient (Wildman–Crippen LogP) is 4.00. The Morgan fingerprint density at radius 3 is 2.71 bits per heavy atom. The van der Waals surface area contributed by atoms with E-state index in [1.807, 2.05) is 31.3 Å². The highest BCUT2D eigenvalue weighted by atomic mass is 16.5. The Kier molecular flexibility index (Phi) is 6.30. The van der Waals surface area contributed by atoms with E-state index in [1.165, 1.54) is 12.8 Å². The van der Waals surface area contributed by atoms with Crippen LogP contribution >= 0.6 is 0 Å². The van der Waals surface area contributed by atoms with Crippen LogP contribution in [-0.2, 0) is 6.54 Å². The maximum absolute atomic E-state index is 12.2. The van der Waals surface area contributed by atoms with Crippen molar-refractivity contribution in [2.75, 3.05) is 13.7 Å². The van der Waals surface area contributed by atoms with Crippen molar-refractivity contribution in [2.24, 2.45) is 5.92 Å². The fourth-order valence-corrected chi connectivity index (χ4v) is 3.45. The van der Waals surface area contributed by atoms with E-state index in [9.17, 15) is 4.79 Å². The molecule has 31 heavy (non-hydrogen) atoms. The van der Waals surface area contributed by atoms with Crippen LogP contribution in [0.3, 0.4) is 0 Å². The quantitative estimate of drug-likeness (QED) is 0.521. The zero-order valence-corrected chi connectivity index (χ0v) is 18.2. The summed E-state index contributed by atoms with van der Waals surface area (Å²) in [7, 11) is 1.63. The van der Waals surface area contributed by atoms with Crippen molar-refractivity contribution in [2.45, 2.75) is 45.6 Å². The number of rotatable bonds is 9. The minimum Gasteiger partial charge on any atom is -0.495 e. The summed E-state index contributed by atoms with van der Waals surface area (Å²) >= 11 is 0. The van der Waals surface area contributed by atoms with Gasteiger partial charge in [-0.2, -0.15) is 4.98 Å². The number of ether oxygens (including phenoxy) is 2. The van der Waals surface area contributed by atoms with Crippen LogP contribution in [0.2, 0.25) is 0 Å². The molecule has 0 radical (unpaired) electrons. The molecule has 0 spiro atoms. The summed E-state index contributed by atoms with van der Waals surface area (Å²) < 4.78 is 13.0. The molecule has 0 N–H and O–H groups in total. The van der Waals surface area contributed by atoms with E-state index in [2.05, 4.69) is 21.9 Å². The molecule has 0 saturated heterocycles. The first-order valence-corrected chi connectivity index (χ1v) is 10.7. The van der Waals surface area contributed by atoms with Gasteiger partial charge in [-0.05, 0) is 50.3 Å². The predicted molar refractivity (Wildman–Crippen MR) is 119 cm³/mol. The number of nitrogens with zero attached hydrogens (tertiary/aromatic N) is 4. The third-order valence-electron chi connectivity index (χ3n) is 5.61. The molecule has 7 nitrogen and oxygen atoms in total. The zero-order valence-electron chi connectivity index (χ0n) is 18.2. The number of aryl methyl sites for hydroxylation is 1. The Hall–Kier alpha value is -3.22. The Bertz CT molecular complexity index is 1090. The van der Waals surface area contributed by atoms with Gasteiger partial charge in [-0.25, -0.2) is 4.98 Å². The van der Waals surface area contributed by atoms with Gasteiger partial charge in [-0.1, -0.05) is 6.92 Å². The highest BCUT2D eigenvalue weighted by Crippen LogP contribution is 2.31. The maximum Gasteiger partial charge on any atom is 0.250 e. The largest absolute Gasteiger partial charge is 0.495 e. The number of methoxy groups -OCH3 is 1. The molecule has 0 aromatic carbocycles. The SMILES string of the molecule is COc1ccc(C(C)CCOc2nc(C)ncc2-c2ccc(=O)n(CC3CC3)c2)nc1. The van der Waals surface area contributed by atoms with Gasteiger partial charge >= 0.3 is 0 Å². The zero-order chi connectivity index (χ0) is 21.8. The van der Waals surface area contributed by atoms with Crippen molar-refractivity contribution in [1.82, 2.24) is 19.5 Å². The van der Waals surface area contributed by atoms with E-state index in [4.69, 9.17) is 9.47 Å². The van der Waals surface area contributed by atoms with Gasteiger partial charge in [0, 0.05) is 42.2 Å². The van der Waals surface area contributed by atoms with Crippen molar-refractivity contribution in [3.63, 3.8) is 0 Å². The minimum absolute atomic E-state index is 0.0203. The van der Waals surface area contributed by atoms with Crippen LogP contribution in [0.1, 0.15) is 43.6 Å². The van der Waals surface area contributed by atoms with Crippen molar-refractivity contribution in [1.29, 1.82) is 0 Å². The highest BCUT2D eigenvalue weighted by Gasteiger charge is 2.22. The van der Waals surface area contributed by atoms with Gasteiger partial charge in [0.25, 0.3) is 5.56 Å². The first-order valence-electron chi connectivity index (χ1n) is 10.7. The molecule has 0 bridgehead atoms. The molecule has 4 rings (SSSR count). The minimum atomic E-state index is 0.0203. The maximum atomic E-state index is 12.2. The second-order valence-electron chi connectivity index (χ2n) is 8.15. The number of pyridine rings is 2. The molecule has 3 heterocycles. The lowest BCUT2D eigenvalue weighted by atomic mass is 10.0. The van der Waals surface area contributed by atoms with Gasteiger partial charge < -0.3 is 14.0 Å². The third kappa shape index (κ3) is 5.29. The summed E-state index contributed by atoms with van der Waals surface area (Å²) in [6.07, 6.45) is 8.58. The van der Waals surface area contributed by atoms with Gasteiger partial charge in [0.15, 0.2) is 0 Å². The molecular formula is C24H28N4O3. The van der Waals surface area contributed by atoms with E-state index >= 15 is 0 Å². The monoisotopic (exact) mass is 420 g/mol. The Morgan fingerprint density at radius 1 is 1.16 bits per heavy atom. The molecule has 1 aliphatic rings. The summed E-state index contributed by atoms with van der Waals surface area (Å²) in [6, 6.07) is 7.32. The molecule has 1 unspecified atom stereocenters. The third-order valence-corrected chi connectivity index (χ3v) is 5.61. The van der Waals surface area contributed by atoms with Gasteiger partial charge in [0.05, 0.1) is 25.5 Å². The molecule has 7 heteroatoms. The topological polar surface area (TPSA) is 79.1 Å². The first-order chi connectivity index (χ1) is 15.0.